The van der Waals surface area contributed by atoms with Gasteiger partial charge >= 0.3 is 5.69 Å². The molecule has 0 N–H and O–H groups in total. The molecule has 0 bridgehead atoms. The summed E-state index contributed by atoms with van der Waals surface area (Å²) in [5.41, 5.74) is 1.41. The van der Waals surface area contributed by atoms with Crippen LogP contribution in [-0.2, 0) is 13.0 Å². The van der Waals surface area contributed by atoms with Gasteiger partial charge in [0.25, 0.3) is 5.56 Å². The third-order valence-electron chi connectivity index (χ3n) is 5.00. The number of halogens is 2. The molecule has 172 valence electrons. The summed E-state index contributed by atoms with van der Waals surface area (Å²) in [5, 5.41) is 16.4. The predicted molar refractivity (Wildman–Crippen MR) is 138 cm³/mol. The molecule has 0 radical (unpaired) electrons. The molecule has 0 saturated carbocycles. The lowest BCUT2D eigenvalue weighted by atomic mass is 10.2. The molecule has 3 aromatic carbocycles. The first kappa shape index (κ1) is 23.8. The third-order valence-corrected chi connectivity index (χ3v) is 6.02. The molecular formula is C24H18Br2N4O4. The topological polar surface area (TPSA) is 99.6 Å². The van der Waals surface area contributed by atoms with Crippen molar-refractivity contribution in [3.63, 3.8) is 0 Å². The fraction of sp³-hybridized carbons (Fsp3) is 0.125. The van der Waals surface area contributed by atoms with E-state index >= 15 is 0 Å². The van der Waals surface area contributed by atoms with Crippen LogP contribution in [0.3, 0.4) is 0 Å². The van der Waals surface area contributed by atoms with Crippen LogP contribution >= 0.6 is 31.9 Å². The maximum atomic E-state index is 13.0. The molecule has 0 fully saturated rings. The van der Waals surface area contributed by atoms with Crippen LogP contribution in [0.2, 0.25) is 0 Å². The van der Waals surface area contributed by atoms with Crippen LogP contribution in [0.25, 0.3) is 10.9 Å². The molecule has 0 amide bonds. The number of rotatable bonds is 7. The summed E-state index contributed by atoms with van der Waals surface area (Å²) in [6.07, 6.45) is 1.89. The summed E-state index contributed by atoms with van der Waals surface area (Å²) in [4.78, 5) is 28.7. The van der Waals surface area contributed by atoms with Crippen molar-refractivity contribution in [3.8, 4) is 5.75 Å². The van der Waals surface area contributed by atoms with E-state index in [0.717, 1.165) is 14.5 Å². The van der Waals surface area contributed by atoms with E-state index in [-0.39, 0.29) is 23.6 Å². The number of fused-ring (bicyclic) bond motifs is 1. The van der Waals surface area contributed by atoms with Gasteiger partial charge in [-0.1, -0.05) is 50.9 Å². The number of aryl methyl sites for hydroxylation is 1. The average Bonchev–Trinajstić information content (AvgIpc) is 2.83. The Kier molecular flexibility index (Phi) is 7.18. The number of hydrogen-bond acceptors (Lipinski definition) is 6. The minimum Gasteiger partial charge on any atom is -0.482 e. The number of nitrogens with zero attached hydrogens (tertiary/aromatic N) is 4. The van der Waals surface area contributed by atoms with Gasteiger partial charge < -0.3 is 4.74 Å². The van der Waals surface area contributed by atoms with Gasteiger partial charge in [-0.2, -0.15) is 9.78 Å². The Hall–Kier alpha value is -3.37. The van der Waals surface area contributed by atoms with Crippen LogP contribution in [-0.4, -0.2) is 20.8 Å². The first-order valence-corrected chi connectivity index (χ1v) is 11.9. The van der Waals surface area contributed by atoms with Crippen molar-refractivity contribution >= 4 is 54.7 Å². The highest BCUT2D eigenvalue weighted by molar-refractivity contribution is 9.10. The van der Waals surface area contributed by atoms with Gasteiger partial charge in [-0.3, -0.25) is 14.9 Å². The zero-order valence-corrected chi connectivity index (χ0v) is 21.1. The van der Waals surface area contributed by atoms with Crippen molar-refractivity contribution in [1.29, 1.82) is 0 Å². The van der Waals surface area contributed by atoms with Crippen LogP contribution in [0.4, 0.5) is 5.69 Å². The van der Waals surface area contributed by atoms with E-state index in [0.29, 0.717) is 28.7 Å². The minimum atomic E-state index is -0.507. The summed E-state index contributed by atoms with van der Waals surface area (Å²) in [5.74, 6) is 0.633. The molecule has 4 rings (SSSR count). The molecule has 0 atom stereocenters. The molecule has 0 aliphatic heterocycles. The summed E-state index contributed by atoms with van der Waals surface area (Å²) < 4.78 is 8.60. The molecular weight excluding hydrogens is 568 g/mol. The molecule has 10 heteroatoms. The molecule has 0 aliphatic rings. The third kappa shape index (κ3) is 5.23. The van der Waals surface area contributed by atoms with Gasteiger partial charge in [0.1, 0.15) is 12.4 Å². The normalized spacial score (nSPS) is 11.3. The van der Waals surface area contributed by atoms with Crippen LogP contribution in [0, 0.1) is 10.1 Å². The molecule has 0 spiro atoms. The second-order valence-corrected chi connectivity index (χ2v) is 9.14. The Morgan fingerprint density at radius 1 is 1.09 bits per heavy atom. The van der Waals surface area contributed by atoms with Crippen LogP contribution < -0.4 is 10.3 Å². The van der Waals surface area contributed by atoms with Gasteiger partial charge in [0, 0.05) is 27.0 Å². The molecule has 0 saturated heterocycles. The van der Waals surface area contributed by atoms with E-state index in [4.69, 9.17) is 4.74 Å². The summed E-state index contributed by atoms with van der Waals surface area (Å²) in [6, 6.07) is 17.3. The zero-order chi connectivity index (χ0) is 24.2. The maximum absolute atomic E-state index is 13.0. The van der Waals surface area contributed by atoms with Gasteiger partial charge in [-0.25, -0.2) is 4.98 Å². The maximum Gasteiger partial charge on any atom is 0.311 e. The highest BCUT2D eigenvalue weighted by Gasteiger charge is 2.16. The van der Waals surface area contributed by atoms with Crippen molar-refractivity contribution in [1.82, 2.24) is 9.66 Å². The summed E-state index contributed by atoms with van der Waals surface area (Å²) in [6.45, 7) is 2.07. The fourth-order valence-electron chi connectivity index (χ4n) is 3.29. The second kappa shape index (κ2) is 10.3. The highest BCUT2D eigenvalue weighted by atomic mass is 79.9. The number of benzene rings is 3. The lowest BCUT2D eigenvalue weighted by molar-refractivity contribution is -0.385. The Balaban J connectivity index is 1.64. The van der Waals surface area contributed by atoms with Crippen molar-refractivity contribution in [2.24, 2.45) is 5.10 Å². The Bertz CT molecular complexity index is 1470. The quantitative estimate of drug-likeness (QED) is 0.154. The lowest BCUT2D eigenvalue weighted by Gasteiger charge is -2.09. The first-order valence-electron chi connectivity index (χ1n) is 10.3. The summed E-state index contributed by atoms with van der Waals surface area (Å²) >= 11 is 6.74. The van der Waals surface area contributed by atoms with Crippen LogP contribution in [0.1, 0.15) is 23.9 Å². The zero-order valence-electron chi connectivity index (χ0n) is 17.9. The van der Waals surface area contributed by atoms with Crippen molar-refractivity contribution < 1.29 is 9.66 Å². The van der Waals surface area contributed by atoms with Gasteiger partial charge in [0.05, 0.1) is 22.0 Å². The number of ether oxygens (including phenoxy) is 1. The van der Waals surface area contributed by atoms with Gasteiger partial charge in [0.2, 0.25) is 0 Å². The highest BCUT2D eigenvalue weighted by Crippen LogP contribution is 2.28. The van der Waals surface area contributed by atoms with Crippen molar-refractivity contribution in [3.05, 3.63) is 107 Å². The number of hydrogen-bond donors (Lipinski definition) is 0. The van der Waals surface area contributed by atoms with E-state index in [1.807, 2.05) is 37.3 Å². The van der Waals surface area contributed by atoms with Gasteiger partial charge in [-0.05, 0) is 48.0 Å². The smallest absolute Gasteiger partial charge is 0.311 e. The van der Waals surface area contributed by atoms with E-state index in [9.17, 15) is 14.9 Å². The molecule has 0 unspecified atom stereocenters. The molecule has 0 aliphatic carbocycles. The molecule has 34 heavy (non-hydrogen) atoms. The van der Waals surface area contributed by atoms with Crippen LogP contribution in [0.15, 0.2) is 79.5 Å². The van der Waals surface area contributed by atoms with Gasteiger partial charge in [-0.15, -0.1) is 0 Å². The molecule has 1 aromatic heterocycles. The SMILES string of the molecule is CCc1nc2ccc(Br)cc2c(=O)n1N=Cc1ccc(OCc2ccc(Br)cc2)c([N+](=O)[O-])c1. The van der Waals surface area contributed by atoms with Crippen LogP contribution in [0.5, 0.6) is 5.75 Å². The Morgan fingerprint density at radius 3 is 2.53 bits per heavy atom. The fourth-order valence-corrected chi connectivity index (χ4v) is 3.91. The molecule has 1 heterocycles. The summed E-state index contributed by atoms with van der Waals surface area (Å²) in [7, 11) is 0. The predicted octanol–water partition coefficient (Wildman–Crippen LogP) is 5.85. The van der Waals surface area contributed by atoms with E-state index < -0.39 is 4.92 Å². The molecule has 8 nitrogen and oxygen atoms in total. The van der Waals surface area contributed by atoms with E-state index in [1.54, 1.807) is 18.2 Å². The first-order chi connectivity index (χ1) is 16.4. The number of nitro groups is 1. The number of aromatic nitrogens is 2. The monoisotopic (exact) mass is 584 g/mol. The molecule has 4 aromatic rings. The minimum absolute atomic E-state index is 0.147. The van der Waals surface area contributed by atoms with E-state index in [1.165, 1.54) is 23.0 Å². The largest absolute Gasteiger partial charge is 0.482 e. The number of nitro benzene ring substituents is 1. The Morgan fingerprint density at radius 2 is 1.82 bits per heavy atom. The standard InChI is InChI=1S/C24H18Br2N4O4/c1-2-23-28-20-9-8-18(26)12-19(20)24(31)29(23)27-13-16-5-10-22(21(11-16)30(32)33)34-14-15-3-6-17(25)7-4-15/h3-13H,2,14H2,1H3. The second-order valence-electron chi connectivity index (χ2n) is 7.30. The van der Waals surface area contributed by atoms with E-state index in [2.05, 4.69) is 41.9 Å². The average molecular weight is 586 g/mol. The van der Waals surface area contributed by atoms with Crippen molar-refractivity contribution in [2.45, 2.75) is 20.0 Å². The van der Waals surface area contributed by atoms with Crippen molar-refractivity contribution in [2.75, 3.05) is 0 Å². The van der Waals surface area contributed by atoms with Gasteiger partial charge in [0.15, 0.2) is 5.75 Å². The lowest BCUT2D eigenvalue weighted by Crippen LogP contribution is -2.22. The Labute approximate surface area is 211 Å².